The maximum Gasteiger partial charge on any atom is 0.269 e. The summed E-state index contributed by atoms with van der Waals surface area (Å²) in [5.41, 5.74) is 1.60. The van der Waals surface area contributed by atoms with Crippen LogP contribution in [-0.4, -0.2) is 17.1 Å². The molecule has 0 aliphatic heterocycles. The first-order chi connectivity index (χ1) is 8.67. The molecule has 0 spiro atoms. The molecule has 2 rings (SSSR count). The molecule has 0 unspecified atom stereocenters. The Morgan fingerprint density at radius 3 is 2.83 bits per heavy atom. The van der Waals surface area contributed by atoms with Gasteiger partial charge in [0, 0.05) is 5.56 Å². The van der Waals surface area contributed by atoms with Gasteiger partial charge in [0.2, 0.25) is 0 Å². The van der Waals surface area contributed by atoms with Crippen molar-refractivity contribution >= 4 is 0 Å². The number of hydrogen-bond acceptors (Lipinski definition) is 4. The fraction of sp³-hybridized carbons (Fsp3) is 0.154. The summed E-state index contributed by atoms with van der Waals surface area (Å²) in [5.74, 6) is 0.752. The summed E-state index contributed by atoms with van der Waals surface area (Å²) in [7, 11) is 1.59. The van der Waals surface area contributed by atoms with Gasteiger partial charge in [0.05, 0.1) is 19.1 Å². The molecule has 0 saturated heterocycles. The molecular formula is C13H11N3O2. The van der Waals surface area contributed by atoms with E-state index in [1.807, 2.05) is 19.1 Å². The minimum Gasteiger partial charge on any atom is -0.496 e. The zero-order chi connectivity index (χ0) is 13.1. The minimum absolute atomic E-state index is 0.0158. The number of methoxy groups -OCH3 is 1. The highest BCUT2D eigenvalue weighted by Crippen LogP contribution is 2.25. The van der Waals surface area contributed by atoms with E-state index in [1.54, 1.807) is 19.2 Å². The third kappa shape index (κ3) is 1.96. The molecule has 1 heterocycles. The molecule has 90 valence electrons. The Morgan fingerprint density at radius 2 is 2.22 bits per heavy atom. The Bertz CT molecular complexity index is 683. The number of H-pyrrole nitrogens is 1. The quantitative estimate of drug-likeness (QED) is 0.866. The van der Waals surface area contributed by atoms with E-state index < -0.39 is 5.56 Å². The third-order valence-electron chi connectivity index (χ3n) is 2.63. The van der Waals surface area contributed by atoms with Gasteiger partial charge in [-0.25, -0.2) is 4.98 Å². The summed E-state index contributed by atoms with van der Waals surface area (Å²) in [6.07, 6.45) is 1.29. The smallest absolute Gasteiger partial charge is 0.269 e. The highest BCUT2D eigenvalue weighted by molar-refractivity contribution is 5.67. The highest BCUT2D eigenvalue weighted by Gasteiger charge is 2.11. The first kappa shape index (κ1) is 11.9. The number of rotatable bonds is 2. The Kier molecular flexibility index (Phi) is 3.11. The predicted octanol–water partition coefficient (Wildman–Crippen LogP) is 1.63. The lowest BCUT2D eigenvalue weighted by Crippen LogP contribution is -2.12. The van der Waals surface area contributed by atoms with Gasteiger partial charge in [0.15, 0.2) is 0 Å². The van der Waals surface area contributed by atoms with E-state index in [2.05, 4.69) is 9.97 Å². The summed E-state index contributed by atoms with van der Waals surface area (Å²) < 4.78 is 5.16. The Labute approximate surface area is 104 Å². The molecule has 0 aliphatic carbocycles. The Hall–Kier alpha value is -2.61. The minimum atomic E-state index is -0.434. The molecule has 0 bridgehead atoms. The van der Waals surface area contributed by atoms with Crippen molar-refractivity contribution in [3.8, 4) is 23.1 Å². The predicted molar refractivity (Wildman–Crippen MR) is 66.3 cm³/mol. The second-order valence-corrected chi connectivity index (χ2v) is 3.75. The molecule has 5 heteroatoms. The molecule has 0 atom stereocenters. The van der Waals surface area contributed by atoms with Gasteiger partial charge in [-0.3, -0.25) is 4.79 Å². The number of nitrogens with one attached hydrogen (secondary N) is 1. The van der Waals surface area contributed by atoms with Crippen molar-refractivity contribution in [3.63, 3.8) is 0 Å². The molecule has 0 saturated carbocycles. The summed E-state index contributed by atoms with van der Waals surface area (Å²) >= 11 is 0. The van der Waals surface area contributed by atoms with Crippen LogP contribution < -0.4 is 10.3 Å². The van der Waals surface area contributed by atoms with Gasteiger partial charge in [-0.1, -0.05) is 0 Å². The van der Waals surface area contributed by atoms with Crippen LogP contribution in [0.1, 0.15) is 11.1 Å². The SMILES string of the molecule is COc1ccc(-c2nc[nH]c(=O)c2C#N)cc1C. The fourth-order valence-electron chi connectivity index (χ4n) is 1.75. The molecule has 1 aromatic heterocycles. The second kappa shape index (κ2) is 4.72. The number of ether oxygens (including phenoxy) is 1. The van der Waals surface area contributed by atoms with Crippen molar-refractivity contribution in [1.29, 1.82) is 5.26 Å². The van der Waals surface area contributed by atoms with Gasteiger partial charge in [0.25, 0.3) is 5.56 Å². The van der Waals surface area contributed by atoms with Gasteiger partial charge >= 0.3 is 0 Å². The van der Waals surface area contributed by atoms with Crippen molar-refractivity contribution in [2.45, 2.75) is 6.92 Å². The van der Waals surface area contributed by atoms with Crippen LogP contribution in [-0.2, 0) is 0 Å². The Morgan fingerprint density at radius 1 is 1.44 bits per heavy atom. The maximum absolute atomic E-state index is 11.5. The van der Waals surface area contributed by atoms with Crippen molar-refractivity contribution in [2.75, 3.05) is 7.11 Å². The van der Waals surface area contributed by atoms with E-state index in [4.69, 9.17) is 10.00 Å². The van der Waals surface area contributed by atoms with Crippen molar-refractivity contribution in [1.82, 2.24) is 9.97 Å². The first-order valence-electron chi connectivity index (χ1n) is 5.30. The van der Waals surface area contributed by atoms with Gasteiger partial charge in [0.1, 0.15) is 17.4 Å². The normalized spacial score (nSPS) is 9.83. The molecule has 18 heavy (non-hydrogen) atoms. The molecule has 5 nitrogen and oxygen atoms in total. The summed E-state index contributed by atoms with van der Waals surface area (Å²) in [6.45, 7) is 1.89. The third-order valence-corrected chi connectivity index (χ3v) is 2.63. The van der Waals surface area contributed by atoms with Crippen molar-refractivity contribution < 1.29 is 4.74 Å². The largest absolute Gasteiger partial charge is 0.496 e. The topological polar surface area (TPSA) is 78.8 Å². The van der Waals surface area contributed by atoms with Gasteiger partial charge in [-0.05, 0) is 30.7 Å². The van der Waals surface area contributed by atoms with Crippen LogP contribution in [0.2, 0.25) is 0 Å². The van der Waals surface area contributed by atoms with Crippen LogP contribution in [0.3, 0.4) is 0 Å². The first-order valence-corrected chi connectivity index (χ1v) is 5.30. The number of nitrogens with zero attached hydrogens (tertiary/aromatic N) is 2. The monoisotopic (exact) mass is 241 g/mol. The summed E-state index contributed by atoms with van der Waals surface area (Å²) in [4.78, 5) is 18.0. The fourth-order valence-corrected chi connectivity index (χ4v) is 1.75. The van der Waals surface area contributed by atoms with Crippen LogP contribution >= 0.6 is 0 Å². The molecular weight excluding hydrogens is 230 g/mol. The van der Waals surface area contributed by atoms with Gasteiger partial charge < -0.3 is 9.72 Å². The molecule has 0 aliphatic rings. The molecule has 1 N–H and O–H groups in total. The summed E-state index contributed by atoms with van der Waals surface area (Å²) in [5, 5.41) is 9.00. The molecule has 1 aromatic carbocycles. The van der Waals surface area contributed by atoms with Crippen molar-refractivity contribution in [3.05, 3.63) is 46.0 Å². The molecule has 2 aromatic rings. The van der Waals surface area contributed by atoms with E-state index in [0.717, 1.165) is 16.9 Å². The van der Waals surface area contributed by atoms with Crippen LogP contribution in [0, 0.1) is 18.3 Å². The van der Waals surface area contributed by atoms with E-state index in [9.17, 15) is 4.79 Å². The zero-order valence-electron chi connectivity index (χ0n) is 10.0. The number of aryl methyl sites for hydroxylation is 1. The highest BCUT2D eigenvalue weighted by atomic mass is 16.5. The lowest BCUT2D eigenvalue weighted by Gasteiger charge is -2.07. The number of benzene rings is 1. The number of nitriles is 1. The summed E-state index contributed by atoms with van der Waals surface area (Å²) in [6, 6.07) is 7.27. The Balaban J connectivity index is 2.64. The number of hydrogen-bond donors (Lipinski definition) is 1. The van der Waals surface area contributed by atoms with Crippen LogP contribution in [0.15, 0.2) is 29.3 Å². The van der Waals surface area contributed by atoms with Gasteiger partial charge in [-0.2, -0.15) is 5.26 Å². The lowest BCUT2D eigenvalue weighted by atomic mass is 10.0. The van der Waals surface area contributed by atoms with Crippen LogP contribution in [0.4, 0.5) is 0 Å². The van der Waals surface area contributed by atoms with E-state index in [0.29, 0.717) is 5.69 Å². The average molecular weight is 241 g/mol. The van der Waals surface area contributed by atoms with E-state index in [-0.39, 0.29) is 5.56 Å². The van der Waals surface area contributed by atoms with Crippen molar-refractivity contribution in [2.24, 2.45) is 0 Å². The standard InChI is InChI=1S/C13H11N3O2/c1-8-5-9(3-4-11(8)18-2)12-10(6-14)13(17)16-7-15-12/h3-5,7H,1-2H3,(H,15,16,17). The molecule has 0 amide bonds. The van der Waals surface area contributed by atoms with E-state index in [1.165, 1.54) is 6.33 Å². The molecule has 0 radical (unpaired) electrons. The van der Waals surface area contributed by atoms with Gasteiger partial charge in [-0.15, -0.1) is 0 Å². The number of aromatic nitrogens is 2. The lowest BCUT2D eigenvalue weighted by molar-refractivity contribution is 0.412. The zero-order valence-corrected chi connectivity index (χ0v) is 10.0. The number of aromatic amines is 1. The van der Waals surface area contributed by atoms with E-state index >= 15 is 0 Å². The second-order valence-electron chi connectivity index (χ2n) is 3.75. The maximum atomic E-state index is 11.5. The van der Waals surface area contributed by atoms with Crippen LogP contribution in [0.5, 0.6) is 5.75 Å². The molecule has 0 fully saturated rings. The average Bonchev–Trinajstić information content (AvgIpc) is 2.38. The van der Waals surface area contributed by atoms with Crippen LogP contribution in [0.25, 0.3) is 11.3 Å².